The van der Waals surface area contributed by atoms with Crippen molar-refractivity contribution in [3.05, 3.63) is 53.3 Å². The number of aromatic nitrogens is 3. The van der Waals surface area contributed by atoms with Gasteiger partial charge >= 0.3 is 0 Å². The molecule has 0 aliphatic carbocycles. The van der Waals surface area contributed by atoms with Crippen LogP contribution in [0.2, 0.25) is 5.02 Å². The van der Waals surface area contributed by atoms with Crippen molar-refractivity contribution in [2.45, 2.75) is 0 Å². The van der Waals surface area contributed by atoms with Crippen LogP contribution in [0.5, 0.6) is 0 Å². The van der Waals surface area contributed by atoms with Gasteiger partial charge in [0, 0.05) is 5.56 Å². The monoisotopic (exact) mass is 254 g/mol. The number of hydrogen-bond donors (Lipinski definition) is 0. The Hall–Kier alpha value is -2.38. The average molecular weight is 255 g/mol. The minimum Gasteiger partial charge on any atom is -0.215 e. The number of nitrogens with zero attached hydrogens (tertiary/aromatic N) is 4. The topological polar surface area (TPSA) is 54.0 Å². The zero-order valence-electron chi connectivity index (χ0n) is 9.21. The van der Waals surface area contributed by atoms with Crippen LogP contribution in [0.3, 0.4) is 0 Å². The molecular weight excluding hydrogens is 248 g/mol. The Kier molecular flexibility index (Phi) is 2.47. The van der Waals surface area contributed by atoms with Gasteiger partial charge in [0.15, 0.2) is 5.65 Å². The Morgan fingerprint density at radius 1 is 1.22 bits per heavy atom. The normalized spacial score (nSPS) is 10.4. The minimum absolute atomic E-state index is 0.525. The summed E-state index contributed by atoms with van der Waals surface area (Å²) in [7, 11) is 0. The van der Waals surface area contributed by atoms with Gasteiger partial charge in [0.25, 0.3) is 0 Å². The maximum atomic E-state index is 8.83. The standard InChI is InChI=1S/C13H7ClN4/c14-11-6-9(7-15)4-5-10(11)12-2-1-3-13-16-8-17-18(12)13/h1-6,8H. The van der Waals surface area contributed by atoms with Crippen molar-refractivity contribution in [1.29, 1.82) is 5.26 Å². The van der Waals surface area contributed by atoms with E-state index in [0.29, 0.717) is 10.6 Å². The van der Waals surface area contributed by atoms with Crippen molar-refractivity contribution in [3.8, 4) is 17.3 Å². The summed E-state index contributed by atoms with van der Waals surface area (Å²) in [4.78, 5) is 4.12. The summed E-state index contributed by atoms with van der Waals surface area (Å²) in [6, 6.07) is 12.9. The van der Waals surface area contributed by atoms with Crippen molar-refractivity contribution in [3.63, 3.8) is 0 Å². The summed E-state index contributed by atoms with van der Waals surface area (Å²) < 4.78 is 1.72. The van der Waals surface area contributed by atoms with E-state index in [-0.39, 0.29) is 0 Å². The van der Waals surface area contributed by atoms with Gasteiger partial charge in [-0.1, -0.05) is 17.7 Å². The summed E-state index contributed by atoms with van der Waals surface area (Å²) in [6.45, 7) is 0. The Morgan fingerprint density at radius 3 is 2.89 bits per heavy atom. The van der Waals surface area contributed by atoms with Crippen molar-refractivity contribution in [1.82, 2.24) is 14.6 Å². The molecule has 0 fully saturated rings. The Labute approximate surface area is 108 Å². The maximum absolute atomic E-state index is 8.83. The van der Waals surface area contributed by atoms with Gasteiger partial charge in [0.1, 0.15) is 6.33 Å². The SMILES string of the molecule is N#Cc1ccc(-c2cccc3ncnn23)c(Cl)c1. The van der Waals surface area contributed by atoms with Crippen LogP contribution < -0.4 is 0 Å². The molecule has 0 aliphatic heterocycles. The molecule has 0 unspecified atom stereocenters. The number of benzene rings is 1. The van der Waals surface area contributed by atoms with E-state index in [0.717, 1.165) is 16.9 Å². The van der Waals surface area contributed by atoms with Crippen molar-refractivity contribution in [2.75, 3.05) is 0 Å². The molecule has 0 N–H and O–H groups in total. The molecule has 0 amide bonds. The molecule has 86 valence electrons. The van der Waals surface area contributed by atoms with Crippen molar-refractivity contribution < 1.29 is 0 Å². The van der Waals surface area contributed by atoms with E-state index in [9.17, 15) is 0 Å². The molecule has 0 saturated heterocycles. The largest absolute Gasteiger partial charge is 0.215 e. The first kappa shape index (κ1) is 10.8. The van der Waals surface area contributed by atoms with Gasteiger partial charge in [-0.05, 0) is 30.3 Å². The molecule has 4 nitrogen and oxygen atoms in total. The molecule has 0 atom stereocenters. The van der Waals surface area contributed by atoms with Gasteiger partial charge in [-0.3, -0.25) is 0 Å². The molecule has 0 spiro atoms. The molecule has 3 aromatic rings. The Bertz CT molecular complexity index is 770. The Morgan fingerprint density at radius 2 is 2.11 bits per heavy atom. The summed E-state index contributed by atoms with van der Waals surface area (Å²) >= 11 is 6.20. The number of pyridine rings is 1. The highest BCUT2D eigenvalue weighted by molar-refractivity contribution is 6.33. The number of hydrogen-bond acceptors (Lipinski definition) is 3. The quantitative estimate of drug-likeness (QED) is 0.671. The second-order valence-corrected chi connectivity index (χ2v) is 4.15. The van der Waals surface area contributed by atoms with E-state index in [1.54, 1.807) is 16.6 Å². The van der Waals surface area contributed by atoms with Gasteiger partial charge in [-0.2, -0.15) is 10.4 Å². The smallest absolute Gasteiger partial charge is 0.155 e. The van der Waals surface area contributed by atoms with Gasteiger partial charge in [0.2, 0.25) is 0 Å². The zero-order valence-corrected chi connectivity index (χ0v) is 9.96. The third kappa shape index (κ3) is 1.62. The van der Waals surface area contributed by atoms with Crippen LogP contribution in [0, 0.1) is 11.3 Å². The lowest BCUT2D eigenvalue weighted by Crippen LogP contribution is -1.94. The summed E-state index contributed by atoms with van der Waals surface area (Å²) in [6.07, 6.45) is 1.50. The third-order valence-electron chi connectivity index (χ3n) is 2.68. The van der Waals surface area contributed by atoms with Crippen LogP contribution in [-0.2, 0) is 0 Å². The van der Waals surface area contributed by atoms with Crippen LogP contribution in [0.4, 0.5) is 0 Å². The lowest BCUT2D eigenvalue weighted by molar-refractivity contribution is 0.969. The summed E-state index contributed by atoms with van der Waals surface area (Å²) in [5.41, 5.74) is 2.97. The lowest BCUT2D eigenvalue weighted by atomic mass is 10.1. The first-order chi connectivity index (χ1) is 8.79. The first-order valence-electron chi connectivity index (χ1n) is 5.28. The van der Waals surface area contributed by atoms with Crippen LogP contribution >= 0.6 is 11.6 Å². The van der Waals surface area contributed by atoms with Gasteiger partial charge in [0.05, 0.1) is 22.3 Å². The number of rotatable bonds is 1. The minimum atomic E-state index is 0.525. The summed E-state index contributed by atoms with van der Waals surface area (Å²) in [5, 5.41) is 13.5. The van der Waals surface area contributed by atoms with Gasteiger partial charge in [-0.15, -0.1) is 0 Å². The molecule has 3 rings (SSSR count). The average Bonchev–Trinajstić information content (AvgIpc) is 2.87. The van der Waals surface area contributed by atoms with Crippen LogP contribution in [-0.4, -0.2) is 14.6 Å². The van der Waals surface area contributed by atoms with Crippen LogP contribution in [0.15, 0.2) is 42.7 Å². The molecule has 2 aromatic heterocycles. The lowest BCUT2D eigenvalue weighted by Gasteiger charge is -2.06. The fraction of sp³-hybridized carbons (Fsp3) is 0. The van der Waals surface area contributed by atoms with Crippen molar-refractivity contribution >= 4 is 17.2 Å². The fourth-order valence-corrected chi connectivity index (χ4v) is 2.12. The van der Waals surface area contributed by atoms with E-state index in [1.807, 2.05) is 24.3 Å². The highest BCUT2D eigenvalue weighted by atomic mass is 35.5. The maximum Gasteiger partial charge on any atom is 0.155 e. The molecular formula is C13H7ClN4. The molecule has 0 aliphatic rings. The predicted molar refractivity (Wildman–Crippen MR) is 68.1 cm³/mol. The summed E-state index contributed by atoms with van der Waals surface area (Å²) in [5.74, 6) is 0. The van der Waals surface area contributed by atoms with E-state index < -0.39 is 0 Å². The van der Waals surface area contributed by atoms with Crippen molar-refractivity contribution in [2.24, 2.45) is 0 Å². The number of fused-ring (bicyclic) bond motifs is 1. The number of nitriles is 1. The van der Waals surface area contributed by atoms with Gasteiger partial charge in [-0.25, -0.2) is 9.50 Å². The first-order valence-corrected chi connectivity index (χ1v) is 5.66. The molecule has 2 heterocycles. The third-order valence-corrected chi connectivity index (χ3v) is 2.99. The van der Waals surface area contributed by atoms with E-state index in [2.05, 4.69) is 16.2 Å². The second-order valence-electron chi connectivity index (χ2n) is 3.75. The van der Waals surface area contributed by atoms with Crippen LogP contribution in [0.25, 0.3) is 16.9 Å². The van der Waals surface area contributed by atoms with Crippen LogP contribution in [0.1, 0.15) is 5.56 Å². The second kappa shape index (κ2) is 4.13. The zero-order chi connectivity index (χ0) is 12.5. The highest BCUT2D eigenvalue weighted by Crippen LogP contribution is 2.28. The van der Waals surface area contributed by atoms with E-state index in [4.69, 9.17) is 16.9 Å². The fourth-order valence-electron chi connectivity index (χ4n) is 1.84. The highest BCUT2D eigenvalue weighted by Gasteiger charge is 2.09. The number of halogens is 1. The molecule has 1 aromatic carbocycles. The molecule has 0 radical (unpaired) electrons. The predicted octanol–water partition coefficient (Wildman–Crippen LogP) is 2.92. The van der Waals surface area contributed by atoms with Gasteiger partial charge < -0.3 is 0 Å². The van der Waals surface area contributed by atoms with E-state index in [1.165, 1.54) is 6.33 Å². The van der Waals surface area contributed by atoms with E-state index >= 15 is 0 Å². The molecule has 18 heavy (non-hydrogen) atoms. The molecule has 0 saturated carbocycles. The molecule has 5 heteroatoms. The Balaban J connectivity index is 2.27. The molecule has 0 bridgehead atoms.